The van der Waals surface area contributed by atoms with Crippen LogP contribution >= 0.6 is 27.3 Å². The maximum atomic E-state index is 14.0. The van der Waals surface area contributed by atoms with Crippen molar-refractivity contribution < 1.29 is 4.39 Å². The van der Waals surface area contributed by atoms with Gasteiger partial charge >= 0.3 is 0 Å². The first-order chi connectivity index (χ1) is 10.2. The van der Waals surface area contributed by atoms with E-state index in [0.29, 0.717) is 18.5 Å². The van der Waals surface area contributed by atoms with Gasteiger partial charge in [0.25, 0.3) is 0 Å². The second-order valence-corrected chi connectivity index (χ2v) is 7.55. The van der Waals surface area contributed by atoms with Crippen molar-refractivity contribution in [2.75, 3.05) is 0 Å². The fourth-order valence-corrected chi connectivity index (χ4v) is 4.37. The van der Waals surface area contributed by atoms with Gasteiger partial charge in [0, 0.05) is 27.5 Å². The highest BCUT2D eigenvalue weighted by Gasteiger charge is 2.26. The first kappa shape index (κ1) is 15.2. The summed E-state index contributed by atoms with van der Waals surface area (Å²) < 4.78 is 14.7. The molecule has 0 amide bonds. The Morgan fingerprint density at radius 2 is 2.10 bits per heavy atom. The maximum absolute atomic E-state index is 14.0. The molecule has 0 radical (unpaired) electrons. The van der Waals surface area contributed by atoms with Crippen molar-refractivity contribution in [3.05, 3.63) is 56.4 Å². The molecule has 1 heterocycles. The Kier molecular flexibility index (Phi) is 5.09. The third-order valence-electron chi connectivity index (χ3n) is 4.25. The number of hydrogen-bond donors (Lipinski definition) is 1. The van der Waals surface area contributed by atoms with Gasteiger partial charge in [-0.3, -0.25) is 0 Å². The fourth-order valence-electron chi connectivity index (χ4n) is 3.14. The van der Waals surface area contributed by atoms with E-state index in [4.69, 9.17) is 0 Å². The molecule has 1 aliphatic carbocycles. The standard InChI is InChI=1S/C17H19BrFNS/c18-14-8-7-13(15(19)10-14)11-20-17(12-4-1-2-5-12)16-6-3-9-21-16/h3,6-10,12,17,20H,1-2,4-5,11H2. The molecule has 112 valence electrons. The third kappa shape index (κ3) is 3.74. The van der Waals surface area contributed by atoms with E-state index in [-0.39, 0.29) is 5.82 Å². The lowest BCUT2D eigenvalue weighted by atomic mass is 9.96. The summed E-state index contributed by atoms with van der Waals surface area (Å²) in [6.07, 6.45) is 5.19. The average molecular weight is 368 g/mol. The van der Waals surface area contributed by atoms with Crippen LogP contribution in [0.2, 0.25) is 0 Å². The molecule has 1 nitrogen and oxygen atoms in total. The first-order valence-corrected chi connectivity index (χ1v) is 9.12. The molecular weight excluding hydrogens is 349 g/mol. The van der Waals surface area contributed by atoms with Gasteiger partial charge in [0.15, 0.2) is 0 Å². The Balaban J connectivity index is 1.72. The highest BCUT2D eigenvalue weighted by atomic mass is 79.9. The van der Waals surface area contributed by atoms with Gasteiger partial charge < -0.3 is 5.32 Å². The van der Waals surface area contributed by atoms with Crippen molar-refractivity contribution in [3.63, 3.8) is 0 Å². The van der Waals surface area contributed by atoms with Gasteiger partial charge in [-0.25, -0.2) is 4.39 Å². The van der Waals surface area contributed by atoms with Crippen LogP contribution in [0.15, 0.2) is 40.2 Å². The molecule has 1 saturated carbocycles. The predicted octanol–water partition coefficient (Wildman–Crippen LogP) is 5.67. The lowest BCUT2D eigenvalue weighted by molar-refractivity contribution is 0.368. The molecule has 1 atom stereocenters. The van der Waals surface area contributed by atoms with Crippen molar-refractivity contribution in [1.29, 1.82) is 0 Å². The highest BCUT2D eigenvalue weighted by Crippen LogP contribution is 2.37. The van der Waals surface area contributed by atoms with E-state index in [9.17, 15) is 4.39 Å². The van der Waals surface area contributed by atoms with Gasteiger partial charge in [0.05, 0.1) is 0 Å². The molecule has 1 N–H and O–H groups in total. The van der Waals surface area contributed by atoms with Gasteiger partial charge in [-0.2, -0.15) is 0 Å². The summed E-state index contributed by atoms with van der Waals surface area (Å²) in [5.41, 5.74) is 0.734. The van der Waals surface area contributed by atoms with Gasteiger partial charge in [-0.15, -0.1) is 11.3 Å². The largest absolute Gasteiger partial charge is 0.305 e. The molecule has 21 heavy (non-hydrogen) atoms. The van der Waals surface area contributed by atoms with Crippen LogP contribution in [-0.4, -0.2) is 0 Å². The Bertz CT molecular complexity index is 578. The molecule has 1 aromatic carbocycles. The zero-order valence-corrected chi connectivity index (χ0v) is 14.2. The highest BCUT2D eigenvalue weighted by molar-refractivity contribution is 9.10. The molecule has 1 aliphatic rings. The van der Waals surface area contributed by atoms with Gasteiger partial charge in [-0.1, -0.05) is 40.9 Å². The molecule has 0 bridgehead atoms. The van der Waals surface area contributed by atoms with Crippen LogP contribution in [0.4, 0.5) is 4.39 Å². The summed E-state index contributed by atoms with van der Waals surface area (Å²) in [6.45, 7) is 0.582. The molecular formula is C17H19BrFNS. The Morgan fingerprint density at radius 3 is 2.76 bits per heavy atom. The van der Waals surface area contributed by atoms with E-state index >= 15 is 0 Å². The molecule has 1 unspecified atom stereocenters. The first-order valence-electron chi connectivity index (χ1n) is 7.45. The number of nitrogens with one attached hydrogen (secondary N) is 1. The van der Waals surface area contributed by atoms with E-state index in [1.165, 1.54) is 36.6 Å². The lowest BCUT2D eigenvalue weighted by Gasteiger charge is -2.24. The maximum Gasteiger partial charge on any atom is 0.128 e. The summed E-state index contributed by atoms with van der Waals surface area (Å²) in [7, 11) is 0. The van der Waals surface area contributed by atoms with Crippen LogP contribution < -0.4 is 5.32 Å². The zero-order valence-electron chi connectivity index (χ0n) is 11.8. The van der Waals surface area contributed by atoms with Gasteiger partial charge in [0.1, 0.15) is 5.82 Å². The second kappa shape index (κ2) is 7.03. The normalized spacial score (nSPS) is 17.2. The number of hydrogen-bond acceptors (Lipinski definition) is 2. The number of benzene rings is 1. The fraction of sp³-hybridized carbons (Fsp3) is 0.412. The summed E-state index contributed by atoms with van der Waals surface area (Å²) in [5.74, 6) is 0.537. The monoisotopic (exact) mass is 367 g/mol. The van der Waals surface area contributed by atoms with E-state index in [0.717, 1.165) is 10.0 Å². The predicted molar refractivity (Wildman–Crippen MR) is 90.0 cm³/mol. The van der Waals surface area contributed by atoms with Crippen molar-refractivity contribution in [2.45, 2.75) is 38.3 Å². The smallest absolute Gasteiger partial charge is 0.128 e. The Hall–Kier alpha value is -0.710. The summed E-state index contributed by atoms with van der Waals surface area (Å²) in [4.78, 5) is 1.37. The van der Waals surface area contributed by atoms with Crippen LogP contribution in [0.5, 0.6) is 0 Å². The molecule has 1 fully saturated rings. The van der Waals surface area contributed by atoms with Crippen molar-refractivity contribution >= 4 is 27.3 Å². The lowest BCUT2D eigenvalue weighted by Crippen LogP contribution is -2.26. The SMILES string of the molecule is Fc1cc(Br)ccc1CNC(c1cccs1)C1CCCC1. The molecule has 0 spiro atoms. The van der Waals surface area contributed by atoms with E-state index in [1.807, 2.05) is 12.1 Å². The molecule has 0 saturated heterocycles. The number of thiophene rings is 1. The van der Waals surface area contributed by atoms with Gasteiger partial charge in [-0.05, 0) is 42.3 Å². The molecule has 3 rings (SSSR count). The van der Waals surface area contributed by atoms with Gasteiger partial charge in [0.2, 0.25) is 0 Å². The number of halogens is 2. The summed E-state index contributed by atoms with van der Waals surface area (Å²) >= 11 is 5.10. The zero-order chi connectivity index (χ0) is 14.7. The van der Waals surface area contributed by atoms with Crippen LogP contribution in [0.3, 0.4) is 0 Å². The minimum absolute atomic E-state index is 0.145. The minimum atomic E-state index is -0.145. The van der Waals surface area contributed by atoms with E-state index in [2.05, 4.69) is 38.8 Å². The van der Waals surface area contributed by atoms with Crippen LogP contribution in [0.1, 0.15) is 42.2 Å². The van der Waals surface area contributed by atoms with Crippen molar-refractivity contribution in [2.24, 2.45) is 5.92 Å². The van der Waals surface area contributed by atoms with Crippen LogP contribution in [0.25, 0.3) is 0 Å². The summed E-state index contributed by atoms with van der Waals surface area (Å²) in [5, 5.41) is 5.72. The Morgan fingerprint density at radius 1 is 1.29 bits per heavy atom. The molecule has 0 aliphatic heterocycles. The van der Waals surface area contributed by atoms with Crippen LogP contribution in [-0.2, 0) is 6.54 Å². The van der Waals surface area contributed by atoms with E-state index < -0.39 is 0 Å². The quantitative estimate of drug-likeness (QED) is 0.717. The summed E-state index contributed by atoms with van der Waals surface area (Å²) in [6, 6.07) is 9.94. The molecule has 2 aromatic rings. The Labute approximate surface area is 137 Å². The van der Waals surface area contributed by atoms with Crippen molar-refractivity contribution in [1.82, 2.24) is 5.32 Å². The second-order valence-electron chi connectivity index (χ2n) is 5.65. The van der Waals surface area contributed by atoms with Crippen molar-refractivity contribution in [3.8, 4) is 0 Å². The van der Waals surface area contributed by atoms with Crippen LogP contribution in [0, 0.1) is 11.7 Å². The van der Waals surface area contributed by atoms with E-state index in [1.54, 1.807) is 11.3 Å². The number of rotatable bonds is 5. The topological polar surface area (TPSA) is 12.0 Å². The third-order valence-corrected chi connectivity index (χ3v) is 5.70. The minimum Gasteiger partial charge on any atom is -0.305 e. The average Bonchev–Trinajstić information content (AvgIpc) is 3.14. The molecule has 1 aromatic heterocycles. The molecule has 4 heteroatoms.